The molecule has 1 spiro atoms. The molecule has 8 heteroatoms. The van der Waals surface area contributed by atoms with Crippen LogP contribution in [-0.2, 0) is 11.2 Å². The molecule has 0 aromatic carbocycles. The molecule has 0 unspecified atom stereocenters. The van der Waals surface area contributed by atoms with E-state index in [4.69, 9.17) is 16.3 Å². The third-order valence-corrected chi connectivity index (χ3v) is 6.06. The van der Waals surface area contributed by atoms with Crippen LogP contribution in [0.2, 0.25) is 5.15 Å². The summed E-state index contributed by atoms with van der Waals surface area (Å²) in [5, 5.41) is 19.3. The lowest BCUT2D eigenvalue weighted by Gasteiger charge is -2.57. The number of amides is 1. The molecule has 0 radical (unpaired) electrons. The molecule has 2 aliphatic heterocycles. The first-order valence-electron chi connectivity index (χ1n) is 9.94. The molecule has 2 fully saturated rings. The van der Waals surface area contributed by atoms with Crippen LogP contribution in [-0.4, -0.2) is 46.8 Å². The van der Waals surface area contributed by atoms with Crippen molar-refractivity contribution in [1.82, 2.24) is 9.88 Å². The zero-order chi connectivity index (χ0) is 21.4. The van der Waals surface area contributed by atoms with Gasteiger partial charge in [0.15, 0.2) is 0 Å². The number of piperidine rings is 1. The highest BCUT2D eigenvalue weighted by molar-refractivity contribution is 6.30. The predicted molar refractivity (Wildman–Crippen MR) is 110 cm³/mol. The van der Waals surface area contributed by atoms with Crippen molar-refractivity contribution in [3.05, 3.63) is 21.8 Å². The van der Waals surface area contributed by atoms with Crippen molar-refractivity contribution in [2.24, 2.45) is 0 Å². The van der Waals surface area contributed by atoms with Crippen LogP contribution in [0.1, 0.15) is 63.6 Å². The van der Waals surface area contributed by atoms with Crippen LogP contribution >= 0.6 is 11.6 Å². The molecule has 1 aromatic rings. The monoisotopic (exact) mass is 415 g/mol. The number of pyridine rings is 1. The number of likely N-dealkylation sites (tertiary alicyclic amines) is 1. The quantitative estimate of drug-likeness (QED) is 0.677. The van der Waals surface area contributed by atoms with E-state index >= 15 is 0 Å². The molecule has 29 heavy (non-hydrogen) atoms. The Labute approximate surface area is 176 Å². The first kappa shape index (κ1) is 21.2. The van der Waals surface area contributed by atoms with Crippen LogP contribution in [0, 0.1) is 22.7 Å². The molecular weight excluding hydrogens is 390 g/mol. The molecule has 7 nitrogen and oxygen atoms in total. The van der Waals surface area contributed by atoms with Gasteiger partial charge in [-0.25, -0.2) is 9.78 Å². The van der Waals surface area contributed by atoms with Gasteiger partial charge in [0.2, 0.25) is 0 Å². The fraction of sp³-hybridized carbons (Fsp3) is 0.619. The van der Waals surface area contributed by atoms with Crippen LogP contribution in [0.25, 0.3) is 0 Å². The molecule has 2 saturated heterocycles. The number of carbonyl (C=O) groups is 1. The van der Waals surface area contributed by atoms with E-state index in [-0.39, 0.29) is 22.3 Å². The Balaban J connectivity index is 1.84. The smallest absolute Gasteiger partial charge is 0.410 e. The zero-order valence-corrected chi connectivity index (χ0v) is 18.1. The summed E-state index contributed by atoms with van der Waals surface area (Å²) in [7, 11) is 0. The topological polar surface area (TPSA) is 93.2 Å². The zero-order valence-electron chi connectivity index (χ0n) is 17.4. The number of rotatable bonds is 2. The highest BCUT2D eigenvalue weighted by Gasteiger charge is 2.49. The van der Waals surface area contributed by atoms with Crippen molar-refractivity contribution in [2.75, 3.05) is 24.5 Å². The number of halogens is 1. The van der Waals surface area contributed by atoms with Gasteiger partial charge in [0, 0.05) is 25.2 Å². The van der Waals surface area contributed by atoms with Gasteiger partial charge in [-0.2, -0.15) is 10.5 Å². The lowest BCUT2D eigenvalue weighted by atomic mass is 9.76. The Hall–Kier alpha value is -2.51. The molecule has 2 aliphatic rings. The standard InChI is InChI=1S/C21H26ClN5O2/c1-5-14-15(12-23)17(22)25-18(16(14)13-24)27-11-8-21(27)6-9-26(10-7-21)19(28)29-20(2,3)4/h5-11H2,1-4H3. The predicted octanol–water partition coefficient (Wildman–Crippen LogP) is 4.02. The van der Waals surface area contributed by atoms with E-state index in [2.05, 4.69) is 22.0 Å². The highest BCUT2D eigenvalue weighted by Crippen LogP contribution is 2.45. The van der Waals surface area contributed by atoms with Crippen molar-refractivity contribution < 1.29 is 9.53 Å². The van der Waals surface area contributed by atoms with E-state index in [1.807, 2.05) is 27.7 Å². The molecular formula is C21H26ClN5O2. The van der Waals surface area contributed by atoms with Crippen molar-refractivity contribution >= 4 is 23.5 Å². The number of hydrogen-bond acceptors (Lipinski definition) is 6. The van der Waals surface area contributed by atoms with Crippen molar-refractivity contribution in [3.8, 4) is 12.1 Å². The van der Waals surface area contributed by atoms with E-state index in [1.165, 1.54) is 0 Å². The summed E-state index contributed by atoms with van der Waals surface area (Å²) in [6.45, 7) is 9.45. The van der Waals surface area contributed by atoms with E-state index in [1.54, 1.807) is 4.90 Å². The second-order valence-corrected chi connectivity index (χ2v) is 8.98. The molecule has 0 N–H and O–H groups in total. The average Bonchev–Trinajstić information content (AvgIpc) is 2.65. The molecule has 0 saturated carbocycles. The molecule has 1 amide bonds. The Morgan fingerprint density at radius 2 is 1.76 bits per heavy atom. The minimum atomic E-state index is -0.518. The molecule has 0 atom stereocenters. The van der Waals surface area contributed by atoms with Crippen LogP contribution < -0.4 is 4.90 Å². The number of ether oxygens (including phenoxy) is 1. The molecule has 0 bridgehead atoms. The van der Waals surface area contributed by atoms with E-state index in [0.29, 0.717) is 36.5 Å². The van der Waals surface area contributed by atoms with Crippen LogP contribution in [0.3, 0.4) is 0 Å². The number of anilines is 1. The number of nitrogens with zero attached hydrogens (tertiary/aromatic N) is 5. The van der Waals surface area contributed by atoms with Gasteiger partial charge >= 0.3 is 6.09 Å². The molecule has 3 heterocycles. The van der Waals surface area contributed by atoms with Crippen molar-refractivity contribution in [3.63, 3.8) is 0 Å². The third-order valence-electron chi connectivity index (χ3n) is 5.79. The Kier molecular flexibility index (Phi) is 5.65. The number of hydrogen-bond donors (Lipinski definition) is 0. The lowest BCUT2D eigenvalue weighted by Crippen LogP contribution is -2.65. The van der Waals surface area contributed by atoms with Gasteiger partial charge in [0.1, 0.15) is 28.7 Å². The summed E-state index contributed by atoms with van der Waals surface area (Å²) in [4.78, 5) is 20.7. The minimum absolute atomic E-state index is 0.139. The minimum Gasteiger partial charge on any atom is -0.444 e. The van der Waals surface area contributed by atoms with Crippen molar-refractivity contribution in [2.45, 2.75) is 64.5 Å². The van der Waals surface area contributed by atoms with Gasteiger partial charge in [0.05, 0.1) is 11.1 Å². The van der Waals surface area contributed by atoms with Crippen LogP contribution in [0.15, 0.2) is 0 Å². The maximum Gasteiger partial charge on any atom is 0.410 e. The molecule has 154 valence electrons. The van der Waals surface area contributed by atoms with Gasteiger partial charge < -0.3 is 14.5 Å². The maximum atomic E-state index is 12.4. The average molecular weight is 416 g/mol. The summed E-state index contributed by atoms with van der Waals surface area (Å²) < 4.78 is 5.49. The lowest BCUT2D eigenvalue weighted by molar-refractivity contribution is 0.0129. The third kappa shape index (κ3) is 3.84. The molecule has 3 rings (SSSR count). The fourth-order valence-electron chi connectivity index (χ4n) is 4.19. The van der Waals surface area contributed by atoms with Gasteiger partial charge in [0.25, 0.3) is 0 Å². The van der Waals surface area contributed by atoms with Crippen LogP contribution in [0.5, 0.6) is 0 Å². The summed E-state index contributed by atoms with van der Waals surface area (Å²) in [6.07, 6.45) is 2.77. The van der Waals surface area contributed by atoms with E-state index in [0.717, 1.165) is 25.8 Å². The van der Waals surface area contributed by atoms with Gasteiger partial charge in [-0.3, -0.25) is 0 Å². The van der Waals surface area contributed by atoms with E-state index < -0.39 is 5.60 Å². The van der Waals surface area contributed by atoms with Gasteiger partial charge in [-0.05, 0) is 52.0 Å². The maximum absolute atomic E-state index is 12.4. The summed E-state index contributed by atoms with van der Waals surface area (Å²) in [5.74, 6) is 0.560. The van der Waals surface area contributed by atoms with Crippen molar-refractivity contribution in [1.29, 1.82) is 10.5 Å². The molecule has 1 aromatic heterocycles. The largest absolute Gasteiger partial charge is 0.444 e. The van der Waals surface area contributed by atoms with Gasteiger partial charge in [-0.1, -0.05) is 18.5 Å². The Morgan fingerprint density at radius 3 is 2.21 bits per heavy atom. The highest BCUT2D eigenvalue weighted by atomic mass is 35.5. The Morgan fingerprint density at radius 1 is 1.17 bits per heavy atom. The molecule has 0 aliphatic carbocycles. The SMILES string of the molecule is CCc1c(C#N)c(Cl)nc(N2CCC23CCN(C(=O)OC(C)(C)C)CC3)c1C#N. The Bertz CT molecular complexity index is 902. The summed E-state index contributed by atoms with van der Waals surface area (Å²) in [6, 6.07) is 4.32. The summed E-state index contributed by atoms with van der Waals surface area (Å²) in [5.41, 5.74) is 0.708. The number of aromatic nitrogens is 1. The van der Waals surface area contributed by atoms with Gasteiger partial charge in [-0.15, -0.1) is 0 Å². The first-order valence-corrected chi connectivity index (χ1v) is 10.3. The number of carbonyl (C=O) groups excluding carboxylic acids is 1. The summed E-state index contributed by atoms with van der Waals surface area (Å²) >= 11 is 6.28. The normalized spacial score (nSPS) is 18.0. The van der Waals surface area contributed by atoms with E-state index in [9.17, 15) is 15.3 Å². The van der Waals surface area contributed by atoms with Crippen LogP contribution in [0.4, 0.5) is 10.6 Å². The first-order chi connectivity index (χ1) is 13.7. The fourth-order valence-corrected chi connectivity index (χ4v) is 4.43. The second-order valence-electron chi connectivity index (χ2n) is 8.63. The second kappa shape index (κ2) is 7.72. The number of nitriles is 2.